The van der Waals surface area contributed by atoms with E-state index in [1.54, 1.807) is 0 Å². The number of hydrogen-bond donors (Lipinski definition) is 3. The Kier molecular flexibility index (Phi) is 5.31. The molecule has 0 heterocycles. The topological polar surface area (TPSA) is 58.6 Å². The summed E-state index contributed by atoms with van der Waals surface area (Å²) in [6.07, 6.45) is -0.436. The first kappa shape index (κ1) is 13.0. The molecule has 0 radical (unpaired) electrons. The zero-order valence-corrected chi connectivity index (χ0v) is 9.85. The quantitative estimate of drug-likeness (QED) is 0.519. The van der Waals surface area contributed by atoms with Crippen molar-refractivity contribution in [2.45, 2.75) is 12.3 Å². The van der Waals surface area contributed by atoms with Crippen LogP contribution in [0.2, 0.25) is 0 Å². The van der Waals surface area contributed by atoms with Gasteiger partial charge in [-0.15, -0.1) is 0 Å². The van der Waals surface area contributed by atoms with Crippen LogP contribution in [-0.2, 0) is 9.53 Å². The van der Waals surface area contributed by atoms with Gasteiger partial charge in [-0.25, -0.2) is 0 Å². The van der Waals surface area contributed by atoms with E-state index in [0.29, 0.717) is 0 Å². The first-order valence-electron chi connectivity index (χ1n) is 4.86. The van der Waals surface area contributed by atoms with Gasteiger partial charge in [0.2, 0.25) is 0 Å². The van der Waals surface area contributed by atoms with Crippen molar-refractivity contribution in [2.75, 3.05) is 12.9 Å². The van der Waals surface area contributed by atoms with Gasteiger partial charge >= 0.3 is 5.97 Å². The SMILES string of the molecule is COC(NC(CS)C(=O)O)c1ccccc1. The van der Waals surface area contributed by atoms with E-state index < -0.39 is 18.2 Å². The summed E-state index contributed by atoms with van der Waals surface area (Å²) in [6, 6.07) is 8.66. The van der Waals surface area contributed by atoms with Crippen LogP contribution in [0.15, 0.2) is 30.3 Å². The summed E-state index contributed by atoms with van der Waals surface area (Å²) in [5, 5.41) is 11.8. The second kappa shape index (κ2) is 6.52. The fraction of sp³-hybridized carbons (Fsp3) is 0.364. The number of hydrogen-bond acceptors (Lipinski definition) is 4. The maximum absolute atomic E-state index is 10.8. The lowest BCUT2D eigenvalue weighted by Gasteiger charge is -2.21. The van der Waals surface area contributed by atoms with E-state index in [-0.39, 0.29) is 5.75 Å². The lowest BCUT2D eigenvalue weighted by atomic mass is 10.2. The van der Waals surface area contributed by atoms with Gasteiger partial charge in [0.15, 0.2) is 0 Å². The Morgan fingerprint density at radius 3 is 2.56 bits per heavy atom. The fourth-order valence-electron chi connectivity index (χ4n) is 1.31. The van der Waals surface area contributed by atoms with Crippen LogP contribution in [0.1, 0.15) is 11.8 Å². The molecule has 0 aliphatic rings. The van der Waals surface area contributed by atoms with Gasteiger partial charge in [-0.2, -0.15) is 12.6 Å². The molecule has 0 amide bonds. The van der Waals surface area contributed by atoms with E-state index in [1.165, 1.54) is 7.11 Å². The van der Waals surface area contributed by atoms with Gasteiger partial charge in [-0.3, -0.25) is 10.1 Å². The molecule has 5 heteroatoms. The van der Waals surface area contributed by atoms with E-state index in [1.807, 2.05) is 30.3 Å². The molecule has 0 saturated carbocycles. The number of carboxylic acid groups (broad SMARTS) is 1. The molecule has 1 rings (SSSR count). The molecule has 4 nitrogen and oxygen atoms in total. The summed E-state index contributed by atoms with van der Waals surface area (Å²) in [6.45, 7) is 0. The van der Waals surface area contributed by atoms with Crippen LogP contribution < -0.4 is 5.32 Å². The predicted octanol–water partition coefficient (Wildman–Crippen LogP) is 1.30. The molecule has 0 fully saturated rings. The highest BCUT2D eigenvalue weighted by Crippen LogP contribution is 2.13. The lowest BCUT2D eigenvalue weighted by molar-refractivity contribution is -0.140. The predicted molar refractivity (Wildman–Crippen MR) is 64.6 cm³/mol. The van der Waals surface area contributed by atoms with E-state index in [4.69, 9.17) is 9.84 Å². The maximum Gasteiger partial charge on any atom is 0.321 e. The molecular weight excluding hydrogens is 226 g/mol. The van der Waals surface area contributed by atoms with E-state index in [9.17, 15) is 4.79 Å². The van der Waals surface area contributed by atoms with Crippen molar-refractivity contribution < 1.29 is 14.6 Å². The van der Waals surface area contributed by atoms with Gasteiger partial charge in [0, 0.05) is 12.9 Å². The number of carboxylic acids is 1. The van der Waals surface area contributed by atoms with Crippen LogP contribution >= 0.6 is 12.6 Å². The minimum absolute atomic E-state index is 0.210. The molecule has 0 saturated heterocycles. The molecule has 2 N–H and O–H groups in total. The molecule has 2 atom stereocenters. The Bertz CT molecular complexity index is 331. The second-order valence-corrected chi connectivity index (χ2v) is 3.63. The average Bonchev–Trinajstić information content (AvgIpc) is 2.31. The summed E-state index contributed by atoms with van der Waals surface area (Å²) in [4.78, 5) is 10.8. The second-order valence-electron chi connectivity index (χ2n) is 3.27. The third-order valence-corrected chi connectivity index (χ3v) is 2.54. The van der Waals surface area contributed by atoms with Crippen molar-refractivity contribution in [3.63, 3.8) is 0 Å². The molecule has 0 aliphatic heterocycles. The lowest BCUT2D eigenvalue weighted by Crippen LogP contribution is -2.41. The molecule has 1 aromatic rings. The van der Waals surface area contributed by atoms with Gasteiger partial charge in [-0.05, 0) is 5.56 Å². The van der Waals surface area contributed by atoms with Crippen LogP contribution in [-0.4, -0.2) is 30.0 Å². The molecule has 88 valence electrons. The third-order valence-electron chi connectivity index (χ3n) is 2.17. The zero-order chi connectivity index (χ0) is 12.0. The Morgan fingerprint density at radius 2 is 2.12 bits per heavy atom. The van der Waals surface area contributed by atoms with Crippen molar-refractivity contribution in [3.05, 3.63) is 35.9 Å². The van der Waals surface area contributed by atoms with Gasteiger partial charge in [0.05, 0.1) is 0 Å². The summed E-state index contributed by atoms with van der Waals surface area (Å²) in [7, 11) is 1.53. The van der Waals surface area contributed by atoms with Crippen molar-refractivity contribution in [1.82, 2.24) is 5.32 Å². The van der Waals surface area contributed by atoms with E-state index >= 15 is 0 Å². The van der Waals surface area contributed by atoms with Gasteiger partial charge in [0.1, 0.15) is 12.3 Å². The van der Waals surface area contributed by atoms with Crippen LogP contribution in [0.3, 0.4) is 0 Å². The largest absolute Gasteiger partial charge is 0.480 e. The van der Waals surface area contributed by atoms with E-state index in [0.717, 1.165) is 5.56 Å². The first-order valence-corrected chi connectivity index (χ1v) is 5.49. The fourth-order valence-corrected chi connectivity index (χ4v) is 1.57. The Labute approximate surface area is 100 Å². The number of thiol groups is 1. The van der Waals surface area contributed by atoms with Crippen molar-refractivity contribution in [3.8, 4) is 0 Å². The number of nitrogens with one attached hydrogen (secondary N) is 1. The van der Waals surface area contributed by atoms with Crippen LogP contribution in [0, 0.1) is 0 Å². The summed E-state index contributed by atoms with van der Waals surface area (Å²) < 4.78 is 5.21. The highest BCUT2D eigenvalue weighted by molar-refractivity contribution is 7.80. The Balaban J connectivity index is 2.72. The molecule has 0 spiro atoms. The minimum Gasteiger partial charge on any atom is -0.480 e. The molecule has 2 unspecified atom stereocenters. The molecule has 0 aromatic heterocycles. The van der Waals surface area contributed by atoms with Crippen molar-refractivity contribution >= 4 is 18.6 Å². The number of aliphatic carboxylic acids is 1. The molecule has 0 aliphatic carbocycles. The van der Waals surface area contributed by atoms with Gasteiger partial charge in [0.25, 0.3) is 0 Å². The smallest absolute Gasteiger partial charge is 0.321 e. The number of rotatable bonds is 6. The number of methoxy groups -OCH3 is 1. The third kappa shape index (κ3) is 3.52. The highest BCUT2D eigenvalue weighted by atomic mass is 32.1. The highest BCUT2D eigenvalue weighted by Gasteiger charge is 2.20. The number of benzene rings is 1. The van der Waals surface area contributed by atoms with Crippen LogP contribution in [0.4, 0.5) is 0 Å². The molecule has 16 heavy (non-hydrogen) atoms. The normalized spacial score (nSPS) is 14.4. The summed E-state index contributed by atoms with van der Waals surface area (Å²) in [5.41, 5.74) is 0.887. The summed E-state index contributed by atoms with van der Waals surface area (Å²) in [5.74, 6) is -0.727. The maximum atomic E-state index is 10.8. The van der Waals surface area contributed by atoms with E-state index in [2.05, 4.69) is 17.9 Å². The monoisotopic (exact) mass is 241 g/mol. The van der Waals surface area contributed by atoms with Crippen molar-refractivity contribution in [1.29, 1.82) is 0 Å². The van der Waals surface area contributed by atoms with Gasteiger partial charge < -0.3 is 9.84 Å². The standard InChI is InChI=1S/C11H15NO3S/c1-15-10(8-5-3-2-4-6-8)12-9(7-16)11(13)14/h2-6,9-10,12,16H,7H2,1H3,(H,13,14). The number of carbonyl (C=O) groups is 1. The minimum atomic E-state index is -0.937. The molecule has 1 aromatic carbocycles. The zero-order valence-electron chi connectivity index (χ0n) is 8.96. The van der Waals surface area contributed by atoms with Crippen molar-refractivity contribution in [2.24, 2.45) is 0 Å². The van der Waals surface area contributed by atoms with Gasteiger partial charge in [-0.1, -0.05) is 30.3 Å². The van der Waals surface area contributed by atoms with Crippen LogP contribution in [0.25, 0.3) is 0 Å². The average molecular weight is 241 g/mol. The Morgan fingerprint density at radius 1 is 1.50 bits per heavy atom. The van der Waals surface area contributed by atoms with Crippen LogP contribution in [0.5, 0.6) is 0 Å². The Hall–Kier alpha value is -1.04. The first-order chi connectivity index (χ1) is 7.69. The number of ether oxygens (including phenoxy) is 1. The summed E-state index contributed by atoms with van der Waals surface area (Å²) >= 11 is 3.98. The molecule has 0 bridgehead atoms. The molecular formula is C11H15NO3S.